The third-order valence-corrected chi connectivity index (χ3v) is 5.94. The fourth-order valence-corrected chi connectivity index (χ4v) is 3.99. The van der Waals surface area contributed by atoms with E-state index in [1.807, 2.05) is 0 Å². The normalized spacial score (nSPS) is 12.1. The number of rotatable bonds is 19. The summed E-state index contributed by atoms with van der Waals surface area (Å²) in [6.07, 6.45) is 21.9. The molecular weight excluding hydrogens is 372 g/mol. The van der Waals surface area contributed by atoms with Crippen molar-refractivity contribution in [2.45, 2.75) is 123 Å². The molecule has 1 aromatic rings. The smallest absolute Gasteiger partial charge is 0.335 e. The summed E-state index contributed by atoms with van der Waals surface area (Å²) < 4.78 is 0. The summed E-state index contributed by atoms with van der Waals surface area (Å²) in [7, 11) is 0. The number of hydrogen-bond donors (Lipinski definition) is 3. The van der Waals surface area contributed by atoms with E-state index < -0.39 is 5.97 Å². The Morgan fingerprint density at radius 2 is 1.33 bits per heavy atom. The molecule has 0 aliphatic heterocycles. The molecule has 0 saturated heterocycles. The van der Waals surface area contributed by atoms with E-state index in [0.717, 1.165) is 12.1 Å². The van der Waals surface area contributed by atoms with Crippen molar-refractivity contribution in [1.82, 2.24) is 0 Å². The maximum absolute atomic E-state index is 11.0. The third kappa shape index (κ3) is 12.8. The Kier molecular flexibility index (Phi) is 14.9. The number of nitrogen functional groups attached to an aromatic ring is 1. The molecule has 4 heteroatoms. The highest BCUT2D eigenvalue weighted by Crippen LogP contribution is 2.22. The van der Waals surface area contributed by atoms with E-state index in [0.29, 0.717) is 11.7 Å². The maximum atomic E-state index is 11.0. The van der Waals surface area contributed by atoms with E-state index in [4.69, 9.17) is 10.8 Å². The average molecular weight is 419 g/mol. The Morgan fingerprint density at radius 1 is 0.867 bits per heavy atom. The number of unbranched alkanes of at least 4 members (excludes halogenated alkanes) is 14. The van der Waals surface area contributed by atoms with Gasteiger partial charge in [-0.3, -0.25) is 0 Å². The molecule has 1 unspecified atom stereocenters. The summed E-state index contributed by atoms with van der Waals surface area (Å²) in [4.78, 5) is 11.0. The molecule has 172 valence electrons. The van der Waals surface area contributed by atoms with E-state index in [1.54, 1.807) is 12.1 Å². The number of hydrogen-bond acceptors (Lipinski definition) is 3. The molecule has 0 saturated carbocycles. The van der Waals surface area contributed by atoms with Crippen LogP contribution in [0.4, 0.5) is 11.4 Å². The molecule has 1 rings (SSSR count). The zero-order valence-electron chi connectivity index (χ0n) is 19.6. The highest BCUT2D eigenvalue weighted by Gasteiger charge is 2.08. The van der Waals surface area contributed by atoms with Crippen LogP contribution in [0, 0.1) is 0 Å². The fraction of sp³-hybridized carbons (Fsp3) is 0.731. The molecule has 0 fully saturated rings. The zero-order valence-corrected chi connectivity index (χ0v) is 19.6. The number of carboxylic acid groups (broad SMARTS) is 1. The first-order valence-corrected chi connectivity index (χ1v) is 12.4. The SMILES string of the molecule is CCCCCCCCCCCCCCCCCC(C)Nc1ccc(C(=O)O)cc1N. The van der Waals surface area contributed by atoms with Crippen molar-refractivity contribution in [2.75, 3.05) is 11.1 Å². The Labute approximate surface area is 185 Å². The first-order chi connectivity index (χ1) is 14.5. The van der Waals surface area contributed by atoms with Crippen LogP contribution in [0.5, 0.6) is 0 Å². The van der Waals surface area contributed by atoms with E-state index in [-0.39, 0.29) is 5.56 Å². The minimum absolute atomic E-state index is 0.230. The number of carboxylic acids is 1. The lowest BCUT2D eigenvalue weighted by Crippen LogP contribution is -2.16. The average Bonchev–Trinajstić information content (AvgIpc) is 2.72. The highest BCUT2D eigenvalue weighted by atomic mass is 16.4. The van der Waals surface area contributed by atoms with E-state index >= 15 is 0 Å². The van der Waals surface area contributed by atoms with Crippen molar-refractivity contribution >= 4 is 17.3 Å². The van der Waals surface area contributed by atoms with E-state index in [2.05, 4.69) is 19.2 Å². The summed E-state index contributed by atoms with van der Waals surface area (Å²) in [5.74, 6) is -0.945. The lowest BCUT2D eigenvalue weighted by Gasteiger charge is -2.17. The second-order valence-electron chi connectivity index (χ2n) is 8.89. The predicted molar refractivity (Wildman–Crippen MR) is 130 cm³/mol. The van der Waals surface area contributed by atoms with Gasteiger partial charge in [-0.15, -0.1) is 0 Å². The van der Waals surface area contributed by atoms with Gasteiger partial charge in [0.15, 0.2) is 0 Å². The molecule has 4 N–H and O–H groups in total. The van der Waals surface area contributed by atoms with Crippen LogP contribution >= 0.6 is 0 Å². The Morgan fingerprint density at radius 3 is 1.77 bits per heavy atom. The van der Waals surface area contributed by atoms with Crippen LogP contribution in [-0.2, 0) is 0 Å². The van der Waals surface area contributed by atoms with Crippen LogP contribution < -0.4 is 11.1 Å². The minimum Gasteiger partial charge on any atom is -0.478 e. The molecule has 1 atom stereocenters. The second-order valence-corrected chi connectivity index (χ2v) is 8.89. The summed E-state index contributed by atoms with van der Waals surface area (Å²) >= 11 is 0. The molecule has 0 bridgehead atoms. The number of anilines is 2. The van der Waals surface area contributed by atoms with Crippen molar-refractivity contribution in [3.8, 4) is 0 Å². The Hall–Kier alpha value is -1.71. The molecule has 0 aliphatic carbocycles. The molecule has 0 spiro atoms. The molecule has 0 amide bonds. The fourth-order valence-electron chi connectivity index (χ4n) is 3.99. The Bertz CT molecular complexity index is 574. The summed E-state index contributed by atoms with van der Waals surface area (Å²) in [6, 6.07) is 5.22. The maximum Gasteiger partial charge on any atom is 0.335 e. The van der Waals surface area contributed by atoms with Crippen molar-refractivity contribution in [2.24, 2.45) is 0 Å². The highest BCUT2D eigenvalue weighted by molar-refractivity contribution is 5.90. The van der Waals surface area contributed by atoms with Gasteiger partial charge in [0.25, 0.3) is 0 Å². The topological polar surface area (TPSA) is 75.3 Å². The zero-order chi connectivity index (χ0) is 22.0. The third-order valence-electron chi connectivity index (χ3n) is 5.94. The minimum atomic E-state index is -0.945. The largest absolute Gasteiger partial charge is 0.478 e. The first kappa shape index (κ1) is 26.3. The molecule has 0 aliphatic rings. The van der Waals surface area contributed by atoms with Gasteiger partial charge in [0.2, 0.25) is 0 Å². The van der Waals surface area contributed by atoms with Gasteiger partial charge in [0.05, 0.1) is 16.9 Å². The van der Waals surface area contributed by atoms with Gasteiger partial charge in [0, 0.05) is 6.04 Å². The Balaban J connectivity index is 1.94. The van der Waals surface area contributed by atoms with Crippen molar-refractivity contribution in [3.05, 3.63) is 23.8 Å². The summed E-state index contributed by atoms with van der Waals surface area (Å²) in [6.45, 7) is 4.44. The van der Waals surface area contributed by atoms with Gasteiger partial charge in [-0.2, -0.15) is 0 Å². The summed E-state index contributed by atoms with van der Waals surface area (Å²) in [5, 5.41) is 12.4. The first-order valence-electron chi connectivity index (χ1n) is 12.4. The van der Waals surface area contributed by atoms with Crippen LogP contribution in [0.2, 0.25) is 0 Å². The molecule has 0 aromatic heterocycles. The number of nitrogens with one attached hydrogen (secondary N) is 1. The van der Waals surface area contributed by atoms with Crippen molar-refractivity contribution in [1.29, 1.82) is 0 Å². The van der Waals surface area contributed by atoms with E-state index in [9.17, 15) is 4.79 Å². The van der Waals surface area contributed by atoms with Crippen molar-refractivity contribution in [3.63, 3.8) is 0 Å². The standard InChI is InChI=1S/C26H46N2O2/c1-3-4-5-6-7-8-9-10-11-12-13-14-15-16-17-18-22(2)28-25-20-19-23(26(29)30)21-24(25)27/h19-22,28H,3-18,27H2,1-2H3,(H,29,30). The predicted octanol–water partition coefficient (Wildman–Crippen LogP) is 8.03. The number of nitrogens with two attached hydrogens (primary N) is 1. The van der Waals surface area contributed by atoms with Crippen LogP contribution in [0.25, 0.3) is 0 Å². The lowest BCUT2D eigenvalue weighted by molar-refractivity contribution is 0.0697. The molecule has 30 heavy (non-hydrogen) atoms. The monoisotopic (exact) mass is 418 g/mol. The molecule has 4 nitrogen and oxygen atoms in total. The number of carbonyl (C=O) groups is 1. The van der Waals surface area contributed by atoms with Crippen LogP contribution in [0.1, 0.15) is 127 Å². The van der Waals surface area contributed by atoms with Crippen LogP contribution in [-0.4, -0.2) is 17.1 Å². The molecule has 1 aromatic carbocycles. The quantitative estimate of drug-likeness (QED) is 0.157. The summed E-state index contributed by atoms with van der Waals surface area (Å²) in [5.41, 5.74) is 7.52. The van der Waals surface area contributed by atoms with Crippen LogP contribution in [0.15, 0.2) is 18.2 Å². The van der Waals surface area contributed by atoms with Gasteiger partial charge >= 0.3 is 5.97 Å². The number of benzene rings is 1. The van der Waals surface area contributed by atoms with Crippen molar-refractivity contribution < 1.29 is 9.90 Å². The van der Waals surface area contributed by atoms with Gasteiger partial charge in [0.1, 0.15) is 0 Å². The van der Waals surface area contributed by atoms with Gasteiger partial charge < -0.3 is 16.2 Å². The van der Waals surface area contributed by atoms with Gasteiger partial charge in [-0.05, 0) is 31.5 Å². The van der Waals surface area contributed by atoms with Crippen LogP contribution in [0.3, 0.4) is 0 Å². The van der Waals surface area contributed by atoms with E-state index in [1.165, 1.54) is 102 Å². The van der Waals surface area contributed by atoms with Gasteiger partial charge in [-0.25, -0.2) is 4.79 Å². The molecular formula is C26H46N2O2. The second kappa shape index (κ2) is 17.0. The number of aromatic carboxylic acids is 1. The lowest BCUT2D eigenvalue weighted by atomic mass is 10.0. The molecule has 0 heterocycles. The van der Waals surface area contributed by atoms with Gasteiger partial charge in [-0.1, -0.05) is 103 Å². The molecule has 0 radical (unpaired) electrons.